The molecule has 0 unspecified atom stereocenters. The average molecular weight is 314 g/mol. The van der Waals surface area contributed by atoms with E-state index in [2.05, 4.69) is 38.1 Å². The van der Waals surface area contributed by atoms with Crippen molar-refractivity contribution in [2.75, 3.05) is 7.05 Å². The van der Waals surface area contributed by atoms with E-state index in [4.69, 9.17) is 0 Å². The molecule has 0 bridgehead atoms. The van der Waals surface area contributed by atoms with Crippen LogP contribution < -0.4 is 10.6 Å². The average Bonchev–Trinajstić information content (AvgIpc) is 2.97. The molecular formula is C16H18N4OS. The Labute approximate surface area is 133 Å². The standard InChI is InChI=1S/C16H18N4OS/c1-10-4-11(8-18-7-10)12-5-13(22-9-12)16(2)6-14(21)19-15(17-3)20-16/h4-5,7-9H,6H2,1-3H3,(H2,17,19,20,21)/t16-/m0/s1. The molecule has 0 aliphatic carbocycles. The Kier molecular flexibility index (Phi) is 3.70. The number of aryl methyl sites for hydroxylation is 1. The number of rotatable bonds is 2. The van der Waals surface area contributed by atoms with E-state index in [0.717, 1.165) is 21.6 Å². The first-order valence-corrected chi connectivity index (χ1v) is 7.94. The van der Waals surface area contributed by atoms with Gasteiger partial charge in [0, 0.05) is 29.9 Å². The summed E-state index contributed by atoms with van der Waals surface area (Å²) in [7, 11) is 1.66. The number of hydrogen-bond donors (Lipinski definition) is 2. The van der Waals surface area contributed by atoms with Gasteiger partial charge < -0.3 is 5.32 Å². The predicted molar refractivity (Wildman–Crippen MR) is 88.9 cm³/mol. The predicted octanol–water partition coefficient (Wildman–Crippen LogP) is 2.43. The molecular weight excluding hydrogens is 296 g/mol. The normalized spacial score (nSPS) is 23.2. The van der Waals surface area contributed by atoms with Gasteiger partial charge in [0.2, 0.25) is 5.91 Å². The summed E-state index contributed by atoms with van der Waals surface area (Å²) in [5.41, 5.74) is 2.92. The van der Waals surface area contributed by atoms with Crippen LogP contribution in [0.3, 0.4) is 0 Å². The van der Waals surface area contributed by atoms with Gasteiger partial charge in [0.05, 0.1) is 12.0 Å². The minimum atomic E-state index is -0.433. The first kappa shape index (κ1) is 14.7. The summed E-state index contributed by atoms with van der Waals surface area (Å²) >= 11 is 1.64. The van der Waals surface area contributed by atoms with E-state index < -0.39 is 5.54 Å². The van der Waals surface area contributed by atoms with Gasteiger partial charge in [-0.3, -0.25) is 20.1 Å². The second kappa shape index (κ2) is 5.53. The SMILES string of the molecule is CN=C1NC(=O)C[C@@](C)(c2cc(-c3cncc(C)c3)cs2)N1. The lowest BCUT2D eigenvalue weighted by molar-refractivity contribution is -0.121. The number of guanidine groups is 1. The second-order valence-corrected chi connectivity index (χ2v) is 6.62. The number of hydrogen-bond acceptors (Lipinski definition) is 4. The lowest BCUT2D eigenvalue weighted by atomic mass is 9.92. The molecule has 0 saturated carbocycles. The largest absolute Gasteiger partial charge is 0.345 e. The van der Waals surface area contributed by atoms with E-state index in [0.29, 0.717) is 12.4 Å². The van der Waals surface area contributed by atoms with E-state index in [1.165, 1.54) is 0 Å². The molecule has 3 rings (SSSR count). The lowest BCUT2D eigenvalue weighted by Gasteiger charge is -2.35. The van der Waals surface area contributed by atoms with Crippen molar-refractivity contribution >= 4 is 23.2 Å². The van der Waals surface area contributed by atoms with Gasteiger partial charge in [-0.1, -0.05) is 0 Å². The lowest BCUT2D eigenvalue weighted by Crippen LogP contribution is -2.57. The van der Waals surface area contributed by atoms with Crippen LogP contribution in [0.4, 0.5) is 0 Å². The van der Waals surface area contributed by atoms with Crippen LogP contribution in [-0.2, 0) is 10.3 Å². The van der Waals surface area contributed by atoms with Gasteiger partial charge >= 0.3 is 0 Å². The highest BCUT2D eigenvalue weighted by molar-refractivity contribution is 7.10. The van der Waals surface area contributed by atoms with Crippen LogP contribution in [0.25, 0.3) is 11.1 Å². The Balaban J connectivity index is 1.94. The summed E-state index contributed by atoms with van der Waals surface area (Å²) in [6.07, 6.45) is 4.09. The fraction of sp³-hybridized carbons (Fsp3) is 0.312. The number of nitrogens with one attached hydrogen (secondary N) is 2. The van der Waals surface area contributed by atoms with Crippen molar-refractivity contribution in [1.29, 1.82) is 0 Å². The number of pyridine rings is 1. The van der Waals surface area contributed by atoms with E-state index >= 15 is 0 Å². The van der Waals surface area contributed by atoms with Crippen molar-refractivity contribution < 1.29 is 4.79 Å². The third-order valence-corrected chi connectivity index (χ3v) is 4.94. The summed E-state index contributed by atoms with van der Waals surface area (Å²) in [5.74, 6) is 0.500. The first-order valence-electron chi connectivity index (χ1n) is 7.06. The van der Waals surface area contributed by atoms with Crippen molar-refractivity contribution in [3.05, 3.63) is 40.3 Å². The summed E-state index contributed by atoms with van der Waals surface area (Å²) in [6.45, 7) is 4.06. The van der Waals surface area contributed by atoms with Gasteiger partial charge in [-0.15, -0.1) is 11.3 Å². The van der Waals surface area contributed by atoms with Gasteiger partial charge in [0.15, 0.2) is 5.96 Å². The third-order valence-electron chi connectivity index (χ3n) is 3.74. The molecule has 2 aromatic heterocycles. The second-order valence-electron chi connectivity index (χ2n) is 5.70. The molecule has 0 aromatic carbocycles. The molecule has 1 aliphatic heterocycles. The molecule has 0 radical (unpaired) electrons. The van der Waals surface area contributed by atoms with E-state index in [-0.39, 0.29) is 5.91 Å². The smallest absolute Gasteiger partial charge is 0.229 e. The van der Waals surface area contributed by atoms with Crippen LogP contribution in [0, 0.1) is 6.92 Å². The number of carbonyl (C=O) groups excluding carboxylic acids is 1. The number of thiophene rings is 1. The van der Waals surface area contributed by atoms with Crippen molar-refractivity contribution in [2.45, 2.75) is 25.8 Å². The Morgan fingerprint density at radius 1 is 1.32 bits per heavy atom. The highest BCUT2D eigenvalue weighted by Gasteiger charge is 2.36. The maximum atomic E-state index is 11.9. The minimum absolute atomic E-state index is 0.0194. The third kappa shape index (κ3) is 2.74. The molecule has 22 heavy (non-hydrogen) atoms. The van der Waals surface area contributed by atoms with E-state index in [9.17, 15) is 4.79 Å². The van der Waals surface area contributed by atoms with Crippen LogP contribution in [0.2, 0.25) is 0 Å². The number of nitrogens with zero attached hydrogens (tertiary/aromatic N) is 2. The fourth-order valence-corrected chi connectivity index (χ4v) is 3.62. The molecule has 1 aliphatic rings. The molecule has 1 amide bonds. The maximum absolute atomic E-state index is 11.9. The van der Waals surface area contributed by atoms with Crippen LogP contribution in [0.1, 0.15) is 23.8 Å². The Morgan fingerprint density at radius 2 is 2.14 bits per heavy atom. The molecule has 5 nitrogen and oxygen atoms in total. The van der Waals surface area contributed by atoms with Crippen molar-refractivity contribution in [3.63, 3.8) is 0 Å². The summed E-state index contributed by atoms with van der Waals surface area (Å²) in [5, 5.41) is 8.15. The van der Waals surface area contributed by atoms with Crippen molar-refractivity contribution in [3.8, 4) is 11.1 Å². The molecule has 114 valence electrons. The number of aromatic nitrogens is 1. The quantitative estimate of drug-likeness (QED) is 0.894. The molecule has 1 fully saturated rings. The monoisotopic (exact) mass is 314 g/mol. The zero-order valence-electron chi connectivity index (χ0n) is 12.8. The molecule has 2 N–H and O–H groups in total. The van der Waals surface area contributed by atoms with Gasteiger partial charge in [0.25, 0.3) is 0 Å². The molecule has 2 aromatic rings. The van der Waals surface area contributed by atoms with Crippen LogP contribution >= 0.6 is 11.3 Å². The Bertz CT molecular complexity index is 752. The summed E-state index contributed by atoms with van der Waals surface area (Å²) in [4.78, 5) is 21.3. The Morgan fingerprint density at radius 3 is 2.86 bits per heavy atom. The maximum Gasteiger partial charge on any atom is 0.229 e. The molecule has 0 spiro atoms. The molecule has 3 heterocycles. The zero-order valence-corrected chi connectivity index (χ0v) is 13.6. The number of carbonyl (C=O) groups is 1. The number of aliphatic imine (C=N–C) groups is 1. The summed E-state index contributed by atoms with van der Waals surface area (Å²) in [6, 6.07) is 4.24. The topological polar surface area (TPSA) is 66.4 Å². The minimum Gasteiger partial charge on any atom is -0.345 e. The van der Waals surface area contributed by atoms with Gasteiger partial charge in [-0.05, 0) is 42.5 Å². The first-order chi connectivity index (χ1) is 10.5. The fourth-order valence-electron chi connectivity index (χ4n) is 2.58. The van der Waals surface area contributed by atoms with Gasteiger partial charge in [0.1, 0.15) is 0 Å². The van der Waals surface area contributed by atoms with E-state index in [1.54, 1.807) is 18.4 Å². The number of amides is 1. The highest BCUT2D eigenvalue weighted by Crippen LogP contribution is 2.35. The zero-order chi connectivity index (χ0) is 15.7. The van der Waals surface area contributed by atoms with Gasteiger partial charge in [-0.25, -0.2) is 0 Å². The van der Waals surface area contributed by atoms with Crippen LogP contribution in [0.5, 0.6) is 0 Å². The highest BCUT2D eigenvalue weighted by atomic mass is 32.1. The van der Waals surface area contributed by atoms with Crippen LogP contribution in [0.15, 0.2) is 34.9 Å². The molecule has 1 atom stereocenters. The summed E-state index contributed by atoms with van der Waals surface area (Å²) < 4.78 is 0. The molecule has 1 saturated heterocycles. The van der Waals surface area contributed by atoms with Gasteiger partial charge in [-0.2, -0.15) is 0 Å². The van der Waals surface area contributed by atoms with Crippen molar-refractivity contribution in [2.24, 2.45) is 4.99 Å². The Hall–Kier alpha value is -2.21. The molecule has 6 heteroatoms. The van der Waals surface area contributed by atoms with Crippen molar-refractivity contribution in [1.82, 2.24) is 15.6 Å². The van der Waals surface area contributed by atoms with E-state index in [1.807, 2.05) is 26.2 Å². The van der Waals surface area contributed by atoms with Crippen LogP contribution in [-0.4, -0.2) is 23.9 Å².